The fourth-order valence-corrected chi connectivity index (χ4v) is 6.91. The van der Waals surface area contributed by atoms with Crippen molar-refractivity contribution in [2.75, 3.05) is 42.2 Å². The van der Waals surface area contributed by atoms with Crippen molar-refractivity contribution >= 4 is 46.4 Å². The lowest BCUT2D eigenvalue weighted by molar-refractivity contribution is -0.137. The van der Waals surface area contributed by atoms with Gasteiger partial charge in [0.2, 0.25) is 5.91 Å². The molecule has 0 spiro atoms. The maximum atomic E-state index is 14.1. The first-order valence-electron chi connectivity index (χ1n) is 17.9. The molecule has 0 aliphatic carbocycles. The van der Waals surface area contributed by atoms with E-state index in [0.717, 1.165) is 61.1 Å². The van der Waals surface area contributed by atoms with Gasteiger partial charge in [-0.3, -0.25) is 24.7 Å². The first-order chi connectivity index (χ1) is 25.8. The van der Waals surface area contributed by atoms with E-state index in [0.29, 0.717) is 18.0 Å². The minimum atomic E-state index is -4.70. The number of ether oxygens (including phenoxy) is 1. The summed E-state index contributed by atoms with van der Waals surface area (Å²) in [6.45, 7) is 8.76. The quantitative estimate of drug-likeness (QED) is 0.122. The van der Waals surface area contributed by atoms with E-state index >= 15 is 0 Å². The Morgan fingerprint density at radius 2 is 1.69 bits per heavy atom. The van der Waals surface area contributed by atoms with Crippen LogP contribution in [-0.2, 0) is 17.5 Å². The van der Waals surface area contributed by atoms with Crippen molar-refractivity contribution in [1.82, 2.24) is 20.5 Å². The van der Waals surface area contributed by atoms with Crippen LogP contribution in [0.25, 0.3) is 0 Å². The van der Waals surface area contributed by atoms with Gasteiger partial charge in [0, 0.05) is 44.5 Å². The average Bonchev–Trinajstić information content (AvgIpc) is 3.13. The van der Waals surface area contributed by atoms with Crippen LogP contribution >= 0.6 is 0 Å². The van der Waals surface area contributed by atoms with Gasteiger partial charge in [0.15, 0.2) is 0 Å². The summed E-state index contributed by atoms with van der Waals surface area (Å²) in [5.74, 6) is 0.324. The first kappa shape index (κ1) is 38.1. The van der Waals surface area contributed by atoms with Gasteiger partial charge >= 0.3 is 12.2 Å². The molecule has 0 atom stereocenters. The summed E-state index contributed by atoms with van der Waals surface area (Å²) in [5.41, 5.74) is 3.83. The van der Waals surface area contributed by atoms with E-state index in [2.05, 4.69) is 31.2 Å². The zero-order chi connectivity index (χ0) is 38.6. The highest BCUT2D eigenvalue weighted by Crippen LogP contribution is 2.41. The van der Waals surface area contributed by atoms with Crippen LogP contribution in [0.15, 0.2) is 72.9 Å². The second-order valence-electron chi connectivity index (χ2n) is 13.8. The maximum absolute atomic E-state index is 14.1. The number of hydrogen-bond acceptors (Lipinski definition) is 8. The van der Waals surface area contributed by atoms with Gasteiger partial charge in [-0.1, -0.05) is 24.3 Å². The standard InChI is InChI=1S/C40H44F3N7O4/c1-24(2)54-35-20-30(27-13-16-49(17-14-27)23-26-9-11-28(12-10-26)50-18-15-37(51)48-39(50)53)25(3)19-34(35)47-36-21-33(31(22-45-36)40(41,42)43)46-32-8-6-5-7-29(32)38(52)44-4/h5-12,19-22,24,27H,13-18,23H2,1-4H3,(H,44,52)(H2,45,46,47)(H,48,51,53). The number of carbonyl (C=O) groups is 3. The van der Waals surface area contributed by atoms with Gasteiger partial charge in [-0.05, 0) is 106 Å². The van der Waals surface area contributed by atoms with E-state index in [1.165, 1.54) is 19.2 Å². The number of aromatic nitrogens is 1. The van der Waals surface area contributed by atoms with Crippen LogP contribution in [0.5, 0.6) is 5.75 Å². The number of alkyl halides is 3. The van der Waals surface area contributed by atoms with Crippen molar-refractivity contribution in [3.05, 3.63) is 101 Å². The van der Waals surface area contributed by atoms with Crippen molar-refractivity contribution in [3.8, 4) is 5.75 Å². The maximum Gasteiger partial charge on any atom is 0.419 e. The van der Waals surface area contributed by atoms with E-state index < -0.39 is 23.7 Å². The Morgan fingerprint density at radius 1 is 0.963 bits per heavy atom. The number of urea groups is 1. The number of nitrogens with one attached hydrogen (secondary N) is 4. The molecule has 0 radical (unpaired) electrons. The molecule has 54 heavy (non-hydrogen) atoms. The van der Waals surface area contributed by atoms with E-state index in [-0.39, 0.29) is 47.1 Å². The van der Waals surface area contributed by atoms with E-state index in [1.807, 2.05) is 57.2 Å². The molecule has 3 aromatic carbocycles. The predicted molar refractivity (Wildman–Crippen MR) is 202 cm³/mol. The molecule has 6 rings (SSSR count). The van der Waals surface area contributed by atoms with E-state index in [1.54, 1.807) is 23.1 Å². The third-order valence-electron chi connectivity index (χ3n) is 9.61. The molecule has 284 valence electrons. The summed E-state index contributed by atoms with van der Waals surface area (Å²) in [6.07, 6.45) is -1.95. The lowest BCUT2D eigenvalue weighted by atomic mass is 9.86. The van der Waals surface area contributed by atoms with Gasteiger partial charge in [0.1, 0.15) is 11.6 Å². The minimum Gasteiger partial charge on any atom is -0.489 e. The molecule has 2 aliphatic rings. The lowest BCUT2D eigenvalue weighted by Crippen LogP contribution is -2.49. The number of pyridine rings is 1. The average molecular weight is 744 g/mol. The second-order valence-corrected chi connectivity index (χ2v) is 13.8. The largest absolute Gasteiger partial charge is 0.489 e. The number of imide groups is 1. The van der Waals surface area contributed by atoms with Crippen LogP contribution in [0.3, 0.4) is 0 Å². The number of carbonyl (C=O) groups excluding carboxylic acids is 3. The van der Waals surface area contributed by atoms with Crippen LogP contribution < -0.4 is 30.9 Å². The number of halogens is 3. The Kier molecular flexibility index (Phi) is 11.4. The SMILES string of the molecule is CNC(=O)c1ccccc1Nc1cc(Nc2cc(C)c(C3CCN(Cc4ccc(N5CCC(=O)NC5=O)cc4)CC3)cc2OC(C)C)ncc1C(F)(F)F. The molecule has 4 aromatic rings. The van der Waals surface area contributed by atoms with Gasteiger partial charge in [-0.15, -0.1) is 0 Å². The molecular formula is C40H44F3N7O4. The topological polar surface area (TPSA) is 128 Å². The Bertz CT molecular complexity index is 2010. The summed E-state index contributed by atoms with van der Waals surface area (Å²) >= 11 is 0. The Hall–Kier alpha value is -5.63. The summed E-state index contributed by atoms with van der Waals surface area (Å²) in [6, 6.07) is 19.1. The predicted octanol–water partition coefficient (Wildman–Crippen LogP) is 7.87. The molecule has 14 heteroatoms. The first-order valence-corrected chi connectivity index (χ1v) is 17.9. The number of aryl methyl sites for hydroxylation is 1. The molecule has 11 nitrogen and oxygen atoms in total. The van der Waals surface area contributed by atoms with Gasteiger partial charge < -0.3 is 20.7 Å². The minimum absolute atomic E-state index is 0.166. The highest BCUT2D eigenvalue weighted by atomic mass is 19.4. The van der Waals surface area contributed by atoms with Gasteiger partial charge in [-0.25, -0.2) is 9.78 Å². The number of benzene rings is 3. The number of rotatable bonds is 11. The molecule has 4 amide bonds. The van der Waals surface area contributed by atoms with Crippen molar-refractivity contribution in [2.24, 2.45) is 0 Å². The fraction of sp³-hybridized carbons (Fsp3) is 0.350. The highest BCUT2D eigenvalue weighted by molar-refractivity contribution is 6.05. The Labute approximate surface area is 312 Å². The number of para-hydroxylation sites is 1. The zero-order valence-electron chi connectivity index (χ0n) is 30.6. The number of hydrogen-bond donors (Lipinski definition) is 4. The van der Waals surface area contributed by atoms with Gasteiger partial charge in [0.05, 0.1) is 34.3 Å². The van der Waals surface area contributed by atoms with Crippen LogP contribution in [0.1, 0.15) is 71.6 Å². The fourth-order valence-electron chi connectivity index (χ4n) is 6.91. The van der Waals surface area contributed by atoms with Crippen molar-refractivity contribution in [1.29, 1.82) is 0 Å². The van der Waals surface area contributed by atoms with Gasteiger partial charge in [0.25, 0.3) is 5.91 Å². The van der Waals surface area contributed by atoms with Gasteiger partial charge in [-0.2, -0.15) is 13.2 Å². The smallest absolute Gasteiger partial charge is 0.419 e. The molecule has 0 saturated carbocycles. The third-order valence-corrected chi connectivity index (χ3v) is 9.61. The van der Waals surface area contributed by atoms with Crippen molar-refractivity contribution < 1.29 is 32.3 Å². The molecular weight excluding hydrogens is 699 g/mol. The summed E-state index contributed by atoms with van der Waals surface area (Å²) < 4.78 is 48.6. The number of anilines is 5. The Balaban J connectivity index is 1.16. The molecule has 0 bridgehead atoms. The summed E-state index contributed by atoms with van der Waals surface area (Å²) in [4.78, 5) is 44.3. The highest BCUT2D eigenvalue weighted by Gasteiger charge is 2.35. The normalized spacial score (nSPS) is 15.6. The van der Waals surface area contributed by atoms with E-state index in [9.17, 15) is 27.6 Å². The molecule has 0 unspecified atom stereocenters. The molecule has 4 N–H and O–H groups in total. The molecule has 3 heterocycles. The van der Waals surface area contributed by atoms with Crippen LogP contribution in [0.2, 0.25) is 0 Å². The summed E-state index contributed by atoms with van der Waals surface area (Å²) in [5, 5.41) is 10.9. The number of likely N-dealkylation sites (tertiary alicyclic amines) is 1. The number of amides is 4. The molecule has 2 saturated heterocycles. The lowest BCUT2D eigenvalue weighted by Gasteiger charge is -2.33. The monoisotopic (exact) mass is 743 g/mol. The van der Waals surface area contributed by atoms with E-state index in [4.69, 9.17) is 4.74 Å². The van der Waals surface area contributed by atoms with Crippen LogP contribution in [0.4, 0.5) is 46.5 Å². The summed E-state index contributed by atoms with van der Waals surface area (Å²) in [7, 11) is 1.45. The number of nitrogens with zero attached hydrogens (tertiary/aromatic N) is 3. The van der Waals surface area contributed by atoms with Crippen molar-refractivity contribution in [3.63, 3.8) is 0 Å². The van der Waals surface area contributed by atoms with Crippen LogP contribution in [0, 0.1) is 6.92 Å². The molecule has 2 fully saturated rings. The zero-order valence-corrected chi connectivity index (χ0v) is 30.6. The molecule has 2 aliphatic heterocycles. The van der Waals surface area contributed by atoms with Crippen molar-refractivity contribution in [2.45, 2.75) is 64.8 Å². The second kappa shape index (κ2) is 16.2. The Morgan fingerprint density at radius 3 is 2.35 bits per heavy atom. The number of piperidine rings is 1. The third kappa shape index (κ3) is 8.93. The van der Waals surface area contributed by atoms with Crippen LogP contribution in [-0.4, -0.2) is 60.5 Å². The molecule has 1 aromatic heterocycles.